The van der Waals surface area contributed by atoms with Gasteiger partial charge in [0, 0.05) is 5.02 Å². The van der Waals surface area contributed by atoms with Crippen LogP contribution in [0.25, 0.3) is 0 Å². The van der Waals surface area contributed by atoms with Crippen molar-refractivity contribution >= 4 is 41.3 Å². The third kappa shape index (κ3) is 6.57. The van der Waals surface area contributed by atoms with Crippen LogP contribution in [0.1, 0.15) is 21.5 Å². The number of aryl methyl sites for hydroxylation is 1. The second-order valence-electron chi connectivity index (χ2n) is 6.43. The number of hydrogen-bond donors (Lipinski definition) is 1. The highest BCUT2D eigenvalue weighted by Gasteiger charge is 2.13. The number of halogens is 2. The minimum absolute atomic E-state index is 0.148. The Hall–Kier alpha value is -3.35. The highest BCUT2D eigenvalue weighted by molar-refractivity contribution is 6.36. The minimum atomic E-state index is -0.594. The average molecular weight is 457 g/mol. The Labute approximate surface area is 189 Å². The van der Waals surface area contributed by atoms with Crippen LogP contribution in [0.3, 0.4) is 0 Å². The summed E-state index contributed by atoms with van der Waals surface area (Å²) in [5.41, 5.74) is 4.25. The summed E-state index contributed by atoms with van der Waals surface area (Å²) in [6.45, 7) is 1.75. The normalized spacial score (nSPS) is 10.7. The number of hydrogen-bond acceptors (Lipinski definition) is 5. The molecule has 0 aliphatic rings. The van der Waals surface area contributed by atoms with Gasteiger partial charge in [-0.15, -0.1) is 0 Å². The molecule has 0 heterocycles. The van der Waals surface area contributed by atoms with Crippen molar-refractivity contribution < 1.29 is 19.1 Å². The summed E-state index contributed by atoms with van der Waals surface area (Å²) in [5.74, 6) is 0.00406. The molecule has 0 aromatic heterocycles. The summed E-state index contributed by atoms with van der Waals surface area (Å²) < 4.78 is 10.8. The predicted molar refractivity (Wildman–Crippen MR) is 120 cm³/mol. The van der Waals surface area contributed by atoms with E-state index in [1.54, 1.807) is 36.4 Å². The second kappa shape index (κ2) is 10.6. The van der Waals surface area contributed by atoms with Gasteiger partial charge >= 0.3 is 5.97 Å². The van der Waals surface area contributed by atoms with Gasteiger partial charge in [-0.05, 0) is 66.6 Å². The van der Waals surface area contributed by atoms with Crippen LogP contribution in [0.4, 0.5) is 0 Å². The molecule has 3 rings (SSSR count). The van der Waals surface area contributed by atoms with Gasteiger partial charge < -0.3 is 9.47 Å². The Bertz CT molecular complexity index is 1110. The Morgan fingerprint density at radius 1 is 1.03 bits per heavy atom. The fraction of sp³-hybridized carbons (Fsp3) is 0.0870. The molecule has 0 atom stereocenters. The predicted octanol–water partition coefficient (Wildman–Crippen LogP) is 5.05. The molecule has 0 unspecified atom stereocenters. The Morgan fingerprint density at radius 2 is 1.77 bits per heavy atom. The molecule has 0 aliphatic carbocycles. The molecule has 158 valence electrons. The van der Waals surface area contributed by atoms with Gasteiger partial charge in [0.25, 0.3) is 5.91 Å². The van der Waals surface area contributed by atoms with E-state index in [0.717, 1.165) is 5.56 Å². The minimum Gasteiger partial charge on any atom is -0.483 e. The number of benzene rings is 3. The molecule has 0 radical (unpaired) electrons. The smallest absolute Gasteiger partial charge is 0.345 e. The van der Waals surface area contributed by atoms with E-state index in [0.29, 0.717) is 22.1 Å². The first-order valence-electron chi connectivity index (χ1n) is 9.20. The summed E-state index contributed by atoms with van der Waals surface area (Å²) in [4.78, 5) is 24.1. The average Bonchev–Trinajstić information content (AvgIpc) is 2.74. The third-order valence-electron chi connectivity index (χ3n) is 4.10. The number of carbonyl (C=O) groups is 2. The van der Waals surface area contributed by atoms with Crippen LogP contribution in [0.15, 0.2) is 71.8 Å². The molecule has 3 aromatic carbocycles. The molecule has 0 fully saturated rings. The van der Waals surface area contributed by atoms with Crippen molar-refractivity contribution in [2.24, 2.45) is 5.10 Å². The summed E-state index contributed by atoms with van der Waals surface area (Å²) in [6, 6.07) is 18.5. The van der Waals surface area contributed by atoms with Gasteiger partial charge in [-0.2, -0.15) is 5.10 Å². The van der Waals surface area contributed by atoms with Crippen LogP contribution >= 0.6 is 23.2 Å². The summed E-state index contributed by atoms with van der Waals surface area (Å²) in [7, 11) is 0. The SMILES string of the molecule is Cc1ccccc1OCC(=O)N/N=C\c1ccc(OC(=O)c2ccc(Cl)cc2Cl)cc1. The highest BCUT2D eigenvalue weighted by Crippen LogP contribution is 2.23. The van der Waals surface area contributed by atoms with Crippen molar-refractivity contribution in [2.45, 2.75) is 6.92 Å². The van der Waals surface area contributed by atoms with E-state index in [9.17, 15) is 9.59 Å². The fourth-order valence-corrected chi connectivity index (χ4v) is 3.00. The van der Waals surface area contributed by atoms with Crippen LogP contribution in [0, 0.1) is 6.92 Å². The van der Waals surface area contributed by atoms with Gasteiger partial charge in [0.05, 0.1) is 16.8 Å². The number of esters is 1. The van der Waals surface area contributed by atoms with Crippen LogP contribution in [-0.2, 0) is 4.79 Å². The molecule has 0 bridgehead atoms. The zero-order valence-corrected chi connectivity index (χ0v) is 18.0. The van der Waals surface area contributed by atoms with Crippen molar-refractivity contribution in [3.63, 3.8) is 0 Å². The molecule has 8 heteroatoms. The summed E-state index contributed by atoms with van der Waals surface area (Å²) >= 11 is 11.8. The van der Waals surface area contributed by atoms with E-state index in [4.69, 9.17) is 32.7 Å². The van der Waals surface area contributed by atoms with E-state index < -0.39 is 5.97 Å². The van der Waals surface area contributed by atoms with Crippen LogP contribution in [0.2, 0.25) is 10.0 Å². The van der Waals surface area contributed by atoms with Crippen molar-refractivity contribution in [3.05, 3.63) is 93.5 Å². The van der Waals surface area contributed by atoms with Gasteiger partial charge in [0.15, 0.2) is 6.61 Å². The lowest BCUT2D eigenvalue weighted by Gasteiger charge is -2.07. The first-order valence-corrected chi connectivity index (χ1v) is 9.95. The number of amides is 1. The number of para-hydroxylation sites is 1. The molecule has 1 amide bonds. The maximum Gasteiger partial charge on any atom is 0.345 e. The number of hydrazone groups is 1. The molecule has 0 saturated heterocycles. The van der Waals surface area contributed by atoms with E-state index in [1.165, 1.54) is 18.3 Å². The van der Waals surface area contributed by atoms with Crippen molar-refractivity contribution in [3.8, 4) is 11.5 Å². The van der Waals surface area contributed by atoms with E-state index in [-0.39, 0.29) is 23.1 Å². The Balaban J connectivity index is 1.49. The number of nitrogens with zero attached hydrogens (tertiary/aromatic N) is 1. The van der Waals surface area contributed by atoms with Gasteiger partial charge in [0.1, 0.15) is 11.5 Å². The molecule has 6 nitrogen and oxygen atoms in total. The van der Waals surface area contributed by atoms with Crippen molar-refractivity contribution in [1.29, 1.82) is 0 Å². The van der Waals surface area contributed by atoms with Gasteiger partial charge in [-0.25, -0.2) is 10.2 Å². The van der Waals surface area contributed by atoms with Crippen LogP contribution in [-0.4, -0.2) is 24.7 Å². The van der Waals surface area contributed by atoms with E-state index in [2.05, 4.69) is 10.5 Å². The zero-order valence-electron chi connectivity index (χ0n) is 16.5. The first kappa shape index (κ1) is 22.3. The lowest BCUT2D eigenvalue weighted by Crippen LogP contribution is -2.24. The summed E-state index contributed by atoms with van der Waals surface area (Å²) in [6.07, 6.45) is 1.47. The first-order chi connectivity index (χ1) is 14.9. The summed E-state index contributed by atoms with van der Waals surface area (Å²) in [5, 5.41) is 4.53. The molecule has 31 heavy (non-hydrogen) atoms. The topological polar surface area (TPSA) is 77.0 Å². The van der Waals surface area contributed by atoms with Gasteiger partial charge in [-0.3, -0.25) is 4.79 Å². The standard InChI is InChI=1S/C23H18Cl2N2O4/c1-15-4-2-3-5-21(15)30-14-22(28)27-26-13-16-6-9-18(10-7-16)31-23(29)19-11-8-17(24)12-20(19)25/h2-13H,14H2,1H3,(H,27,28)/b26-13-. The molecular formula is C23H18Cl2N2O4. The molecule has 0 aliphatic heterocycles. The van der Waals surface area contributed by atoms with Crippen LogP contribution in [0.5, 0.6) is 11.5 Å². The monoisotopic (exact) mass is 456 g/mol. The maximum atomic E-state index is 12.2. The Kier molecular flexibility index (Phi) is 7.65. The number of ether oxygens (including phenoxy) is 2. The van der Waals surface area contributed by atoms with Crippen LogP contribution < -0.4 is 14.9 Å². The number of carbonyl (C=O) groups excluding carboxylic acids is 2. The third-order valence-corrected chi connectivity index (χ3v) is 4.64. The molecule has 1 N–H and O–H groups in total. The van der Waals surface area contributed by atoms with Crippen molar-refractivity contribution in [2.75, 3.05) is 6.61 Å². The zero-order chi connectivity index (χ0) is 22.2. The molecular weight excluding hydrogens is 439 g/mol. The molecule has 0 saturated carbocycles. The lowest BCUT2D eigenvalue weighted by atomic mass is 10.2. The number of nitrogens with one attached hydrogen (secondary N) is 1. The van der Waals surface area contributed by atoms with E-state index in [1.807, 2.05) is 25.1 Å². The van der Waals surface area contributed by atoms with E-state index >= 15 is 0 Å². The largest absolute Gasteiger partial charge is 0.483 e. The quantitative estimate of drug-likeness (QED) is 0.233. The van der Waals surface area contributed by atoms with Gasteiger partial charge in [0.2, 0.25) is 0 Å². The molecule has 3 aromatic rings. The molecule has 0 spiro atoms. The van der Waals surface area contributed by atoms with Crippen molar-refractivity contribution in [1.82, 2.24) is 5.43 Å². The maximum absolute atomic E-state index is 12.2. The fourth-order valence-electron chi connectivity index (χ4n) is 2.51. The van der Waals surface area contributed by atoms with Gasteiger partial charge in [-0.1, -0.05) is 41.4 Å². The second-order valence-corrected chi connectivity index (χ2v) is 7.27. The number of rotatable bonds is 7. The lowest BCUT2D eigenvalue weighted by molar-refractivity contribution is -0.123. The highest BCUT2D eigenvalue weighted by atomic mass is 35.5. The Morgan fingerprint density at radius 3 is 2.48 bits per heavy atom.